The van der Waals surface area contributed by atoms with E-state index in [4.69, 9.17) is 5.84 Å². The molecule has 0 spiro atoms. The summed E-state index contributed by atoms with van der Waals surface area (Å²) in [6, 6.07) is 0.613. The van der Waals surface area contributed by atoms with Crippen LogP contribution in [0.4, 0.5) is 0 Å². The zero-order chi connectivity index (χ0) is 9.52. The molecular weight excluding hydrogens is 160 g/mol. The highest BCUT2D eigenvalue weighted by Gasteiger charge is 2.25. The van der Waals surface area contributed by atoms with Crippen molar-refractivity contribution in [3.8, 4) is 0 Å². The standard InChI is InChI=1S/C11H24N2/c1-2-3-4-5-7-10-8-6-9-11(10)13-12/h10-11,13H,2-9,12H2,1H3/t10-,11-/m0/s1. The second-order valence-electron chi connectivity index (χ2n) is 4.31. The minimum Gasteiger partial charge on any atom is -0.271 e. The zero-order valence-electron chi connectivity index (χ0n) is 8.89. The van der Waals surface area contributed by atoms with Crippen molar-refractivity contribution >= 4 is 0 Å². The van der Waals surface area contributed by atoms with Crippen molar-refractivity contribution in [1.29, 1.82) is 0 Å². The summed E-state index contributed by atoms with van der Waals surface area (Å²) >= 11 is 0. The SMILES string of the molecule is CCCCCC[C@H]1CCC[C@@H]1NN. The number of hydrazine groups is 1. The van der Waals surface area contributed by atoms with E-state index < -0.39 is 0 Å². The molecule has 1 saturated carbocycles. The Kier molecular flexibility index (Phi) is 5.40. The van der Waals surface area contributed by atoms with Crippen LogP contribution >= 0.6 is 0 Å². The predicted molar refractivity (Wildman–Crippen MR) is 57.2 cm³/mol. The van der Waals surface area contributed by atoms with Gasteiger partial charge < -0.3 is 0 Å². The van der Waals surface area contributed by atoms with Crippen LogP contribution in [-0.4, -0.2) is 6.04 Å². The molecule has 2 heteroatoms. The van der Waals surface area contributed by atoms with Gasteiger partial charge in [0.15, 0.2) is 0 Å². The van der Waals surface area contributed by atoms with Gasteiger partial charge in [0.2, 0.25) is 0 Å². The van der Waals surface area contributed by atoms with Crippen molar-refractivity contribution in [2.45, 2.75) is 64.3 Å². The molecule has 0 amide bonds. The Balaban J connectivity index is 2.06. The van der Waals surface area contributed by atoms with E-state index in [1.165, 1.54) is 51.4 Å². The number of rotatable bonds is 6. The van der Waals surface area contributed by atoms with Crippen molar-refractivity contribution in [3.63, 3.8) is 0 Å². The van der Waals surface area contributed by atoms with Gasteiger partial charge in [0.05, 0.1) is 0 Å². The molecule has 0 heterocycles. The fraction of sp³-hybridized carbons (Fsp3) is 1.00. The smallest absolute Gasteiger partial charge is 0.0238 e. The fourth-order valence-corrected chi connectivity index (χ4v) is 2.44. The van der Waals surface area contributed by atoms with E-state index in [9.17, 15) is 0 Å². The van der Waals surface area contributed by atoms with Crippen LogP contribution in [0.25, 0.3) is 0 Å². The van der Waals surface area contributed by atoms with Gasteiger partial charge in [0.25, 0.3) is 0 Å². The van der Waals surface area contributed by atoms with Crippen molar-refractivity contribution in [3.05, 3.63) is 0 Å². The number of hydrogen-bond donors (Lipinski definition) is 2. The molecule has 0 bridgehead atoms. The predicted octanol–water partition coefficient (Wildman–Crippen LogP) is 2.59. The van der Waals surface area contributed by atoms with Gasteiger partial charge >= 0.3 is 0 Å². The monoisotopic (exact) mass is 184 g/mol. The average Bonchev–Trinajstić information content (AvgIpc) is 2.60. The number of hydrogen-bond acceptors (Lipinski definition) is 2. The lowest BCUT2D eigenvalue weighted by molar-refractivity contribution is 0.371. The van der Waals surface area contributed by atoms with E-state index in [0.717, 1.165) is 5.92 Å². The highest BCUT2D eigenvalue weighted by Crippen LogP contribution is 2.29. The summed E-state index contributed by atoms with van der Waals surface area (Å²) in [7, 11) is 0. The third-order valence-corrected chi connectivity index (χ3v) is 3.30. The lowest BCUT2D eigenvalue weighted by Gasteiger charge is -2.18. The number of nitrogens with two attached hydrogens (primary N) is 1. The topological polar surface area (TPSA) is 38.0 Å². The van der Waals surface area contributed by atoms with Gasteiger partial charge in [0, 0.05) is 6.04 Å². The molecular formula is C11H24N2. The van der Waals surface area contributed by atoms with Crippen LogP contribution in [0.5, 0.6) is 0 Å². The van der Waals surface area contributed by atoms with E-state index in [2.05, 4.69) is 12.3 Å². The molecule has 0 saturated heterocycles. The fourth-order valence-electron chi connectivity index (χ4n) is 2.44. The van der Waals surface area contributed by atoms with E-state index in [1.54, 1.807) is 0 Å². The van der Waals surface area contributed by atoms with Crippen LogP contribution < -0.4 is 11.3 Å². The maximum absolute atomic E-state index is 5.50. The molecule has 2 atom stereocenters. The van der Waals surface area contributed by atoms with Crippen molar-refractivity contribution in [2.24, 2.45) is 11.8 Å². The third kappa shape index (κ3) is 3.65. The van der Waals surface area contributed by atoms with Crippen LogP contribution in [0, 0.1) is 5.92 Å². The molecule has 0 aromatic heterocycles. The molecule has 0 aromatic carbocycles. The number of nitrogens with one attached hydrogen (secondary N) is 1. The second-order valence-corrected chi connectivity index (χ2v) is 4.31. The summed E-state index contributed by atoms with van der Waals surface area (Å²) in [5.74, 6) is 6.37. The summed E-state index contributed by atoms with van der Waals surface area (Å²) in [5, 5.41) is 0. The molecule has 1 fully saturated rings. The highest BCUT2D eigenvalue weighted by molar-refractivity contribution is 4.81. The Hall–Kier alpha value is -0.0800. The average molecular weight is 184 g/mol. The maximum atomic E-state index is 5.50. The van der Waals surface area contributed by atoms with Gasteiger partial charge in [0.1, 0.15) is 0 Å². The van der Waals surface area contributed by atoms with E-state index >= 15 is 0 Å². The summed E-state index contributed by atoms with van der Waals surface area (Å²) in [5.41, 5.74) is 2.95. The molecule has 13 heavy (non-hydrogen) atoms. The van der Waals surface area contributed by atoms with Gasteiger partial charge in [-0.2, -0.15) is 0 Å². The van der Waals surface area contributed by atoms with Gasteiger partial charge in [-0.25, -0.2) is 0 Å². The first-order chi connectivity index (χ1) is 6.38. The first-order valence-corrected chi connectivity index (χ1v) is 5.84. The maximum Gasteiger partial charge on any atom is 0.0238 e. The Morgan fingerprint density at radius 3 is 2.77 bits per heavy atom. The molecule has 0 unspecified atom stereocenters. The minimum atomic E-state index is 0.613. The second kappa shape index (κ2) is 6.39. The molecule has 0 aromatic rings. The van der Waals surface area contributed by atoms with Crippen LogP contribution in [-0.2, 0) is 0 Å². The van der Waals surface area contributed by atoms with Crippen LogP contribution in [0.3, 0.4) is 0 Å². The van der Waals surface area contributed by atoms with Crippen LogP contribution in [0.1, 0.15) is 58.3 Å². The van der Waals surface area contributed by atoms with Gasteiger partial charge in [-0.05, 0) is 25.2 Å². The normalized spacial score (nSPS) is 28.2. The lowest BCUT2D eigenvalue weighted by atomic mass is 9.96. The molecule has 3 N–H and O–H groups in total. The molecule has 1 aliphatic rings. The van der Waals surface area contributed by atoms with Gasteiger partial charge in [-0.15, -0.1) is 0 Å². The Morgan fingerprint density at radius 1 is 1.23 bits per heavy atom. The Morgan fingerprint density at radius 2 is 2.08 bits per heavy atom. The summed E-state index contributed by atoms with van der Waals surface area (Å²) in [6.45, 7) is 2.26. The van der Waals surface area contributed by atoms with Gasteiger partial charge in [-0.1, -0.05) is 39.0 Å². The largest absolute Gasteiger partial charge is 0.271 e. The first kappa shape index (κ1) is 11.0. The summed E-state index contributed by atoms with van der Waals surface area (Å²) in [6.07, 6.45) is 11.0. The Bertz CT molecular complexity index is 125. The third-order valence-electron chi connectivity index (χ3n) is 3.30. The van der Waals surface area contributed by atoms with Crippen molar-refractivity contribution in [1.82, 2.24) is 5.43 Å². The van der Waals surface area contributed by atoms with Crippen molar-refractivity contribution < 1.29 is 0 Å². The first-order valence-electron chi connectivity index (χ1n) is 5.84. The van der Waals surface area contributed by atoms with Gasteiger partial charge in [-0.3, -0.25) is 11.3 Å². The van der Waals surface area contributed by atoms with Crippen LogP contribution in [0.2, 0.25) is 0 Å². The molecule has 78 valence electrons. The number of unbranched alkanes of at least 4 members (excludes halogenated alkanes) is 3. The zero-order valence-corrected chi connectivity index (χ0v) is 8.89. The molecule has 1 rings (SSSR count). The highest BCUT2D eigenvalue weighted by atomic mass is 15.2. The summed E-state index contributed by atoms with van der Waals surface area (Å²) < 4.78 is 0. The summed E-state index contributed by atoms with van der Waals surface area (Å²) in [4.78, 5) is 0. The van der Waals surface area contributed by atoms with Crippen molar-refractivity contribution in [2.75, 3.05) is 0 Å². The van der Waals surface area contributed by atoms with Crippen LogP contribution in [0.15, 0.2) is 0 Å². The van der Waals surface area contributed by atoms with E-state index in [-0.39, 0.29) is 0 Å². The quantitative estimate of drug-likeness (QED) is 0.378. The van der Waals surface area contributed by atoms with E-state index in [0.29, 0.717) is 6.04 Å². The molecule has 2 nitrogen and oxygen atoms in total. The lowest BCUT2D eigenvalue weighted by Crippen LogP contribution is -2.37. The molecule has 1 aliphatic carbocycles. The van der Waals surface area contributed by atoms with E-state index in [1.807, 2.05) is 0 Å². The molecule has 0 aliphatic heterocycles. The minimum absolute atomic E-state index is 0.613. The Labute approximate surface area is 82.2 Å². The molecule has 0 radical (unpaired) electrons.